The minimum Gasteiger partial charge on any atom is -0.397 e. The summed E-state index contributed by atoms with van der Waals surface area (Å²) in [6, 6.07) is 4.73. The number of anilines is 3. The third-order valence-corrected chi connectivity index (χ3v) is 3.79. The van der Waals surface area contributed by atoms with Crippen molar-refractivity contribution < 1.29 is 4.79 Å². The van der Waals surface area contributed by atoms with E-state index in [-0.39, 0.29) is 5.91 Å². The van der Waals surface area contributed by atoms with Gasteiger partial charge in [0, 0.05) is 24.7 Å². The molecular formula is C14H19N3O. The van der Waals surface area contributed by atoms with Crippen molar-refractivity contribution in [2.75, 3.05) is 22.5 Å². The monoisotopic (exact) mass is 245 g/mol. The number of nitrogen functional groups attached to an aromatic ring is 1. The summed E-state index contributed by atoms with van der Waals surface area (Å²) in [5.74, 6) is 0.0872. The minimum absolute atomic E-state index is 0.0872. The lowest BCUT2D eigenvalue weighted by Crippen LogP contribution is -2.27. The Labute approximate surface area is 107 Å². The molecule has 0 atom stereocenters. The summed E-state index contributed by atoms with van der Waals surface area (Å²) in [5.41, 5.74) is 10.1. The van der Waals surface area contributed by atoms with Crippen LogP contribution in [-0.4, -0.2) is 18.5 Å². The molecule has 1 amide bonds. The van der Waals surface area contributed by atoms with E-state index < -0.39 is 0 Å². The molecule has 0 spiro atoms. The van der Waals surface area contributed by atoms with Gasteiger partial charge in [-0.3, -0.25) is 4.79 Å². The Morgan fingerprint density at radius 2 is 2.17 bits per heavy atom. The number of carbonyl (C=O) groups is 1. The molecule has 1 aromatic rings. The summed E-state index contributed by atoms with van der Waals surface area (Å²) in [4.78, 5) is 13.7. The van der Waals surface area contributed by atoms with Crippen molar-refractivity contribution in [1.82, 2.24) is 0 Å². The molecular weight excluding hydrogens is 226 g/mol. The van der Waals surface area contributed by atoms with E-state index in [1.807, 2.05) is 6.07 Å². The normalized spacial score (nSPS) is 18.2. The van der Waals surface area contributed by atoms with Gasteiger partial charge in [0.1, 0.15) is 0 Å². The minimum atomic E-state index is 0.0872. The van der Waals surface area contributed by atoms with Gasteiger partial charge in [0.15, 0.2) is 0 Å². The van der Waals surface area contributed by atoms with Crippen molar-refractivity contribution in [3.63, 3.8) is 0 Å². The molecule has 0 aromatic heterocycles. The molecule has 3 rings (SSSR count). The van der Waals surface area contributed by atoms with E-state index >= 15 is 0 Å². The Kier molecular flexibility index (Phi) is 2.65. The van der Waals surface area contributed by atoms with Crippen molar-refractivity contribution in [2.45, 2.75) is 38.6 Å². The van der Waals surface area contributed by atoms with Gasteiger partial charge in [0.25, 0.3) is 0 Å². The van der Waals surface area contributed by atoms with Crippen LogP contribution >= 0.6 is 0 Å². The zero-order chi connectivity index (χ0) is 12.7. The molecule has 0 bridgehead atoms. The highest BCUT2D eigenvalue weighted by Gasteiger charge is 2.30. The molecule has 1 aromatic carbocycles. The smallest absolute Gasteiger partial charge is 0.224 e. The van der Waals surface area contributed by atoms with E-state index in [1.54, 1.807) is 0 Å². The Hall–Kier alpha value is -1.71. The van der Waals surface area contributed by atoms with Gasteiger partial charge in [0.05, 0.1) is 11.4 Å². The molecule has 1 saturated carbocycles. The lowest BCUT2D eigenvalue weighted by Gasteiger charge is -2.27. The number of amides is 1. The molecule has 0 radical (unpaired) electrons. The number of benzene rings is 1. The molecule has 1 heterocycles. The maximum atomic E-state index is 11.4. The average molecular weight is 245 g/mol. The summed E-state index contributed by atoms with van der Waals surface area (Å²) < 4.78 is 0. The van der Waals surface area contributed by atoms with E-state index in [0.717, 1.165) is 30.0 Å². The van der Waals surface area contributed by atoms with Crippen LogP contribution in [0.25, 0.3) is 0 Å². The molecule has 4 heteroatoms. The summed E-state index contributed by atoms with van der Waals surface area (Å²) in [5, 5.41) is 2.89. The van der Waals surface area contributed by atoms with Crippen molar-refractivity contribution in [3.05, 3.63) is 17.7 Å². The number of hydrogen-bond donors (Lipinski definition) is 2. The molecule has 1 aliphatic heterocycles. The SMILES string of the molecule is CCN(c1cc2c(cc1N)NC(=O)CC2)C1CC1. The summed E-state index contributed by atoms with van der Waals surface area (Å²) in [6.07, 6.45) is 3.92. The van der Waals surface area contributed by atoms with Crippen LogP contribution in [0.15, 0.2) is 12.1 Å². The topological polar surface area (TPSA) is 58.4 Å². The van der Waals surface area contributed by atoms with E-state index in [9.17, 15) is 4.79 Å². The average Bonchev–Trinajstić information content (AvgIpc) is 3.15. The standard InChI is InChI=1S/C14H19N3O/c1-2-17(10-4-5-10)13-7-9-3-6-14(18)16-12(9)8-11(13)15/h7-8,10H,2-6,15H2,1H3,(H,16,18). The first-order valence-electron chi connectivity index (χ1n) is 6.68. The third kappa shape index (κ3) is 1.92. The zero-order valence-corrected chi connectivity index (χ0v) is 10.7. The lowest BCUT2D eigenvalue weighted by molar-refractivity contribution is -0.116. The van der Waals surface area contributed by atoms with Crippen LogP contribution < -0.4 is 16.0 Å². The van der Waals surface area contributed by atoms with Gasteiger partial charge in [-0.25, -0.2) is 0 Å². The van der Waals surface area contributed by atoms with Gasteiger partial charge in [-0.15, -0.1) is 0 Å². The number of carbonyl (C=O) groups excluding carboxylic acids is 1. The lowest BCUT2D eigenvalue weighted by atomic mass is 10.0. The number of rotatable bonds is 3. The first-order chi connectivity index (χ1) is 8.69. The Morgan fingerprint density at radius 3 is 2.83 bits per heavy atom. The van der Waals surface area contributed by atoms with Crippen molar-refractivity contribution >= 4 is 23.0 Å². The first kappa shape index (κ1) is 11.4. The highest BCUT2D eigenvalue weighted by atomic mass is 16.1. The number of nitrogens with zero attached hydrogens (tertiary/aromatic N) is 1. The van der Waals surface area contributed by atoms with Crippen molar-refractivity contribution in [2.24, 2.45) is 0 Å². The largest absolute Gasteiger partial charge is 0.397 e. The van der Waals surface area contributed by atoms with E-state index in [0.29, 0.717) is 12.5 Å². The number of hydrogen-bond acceptors (Lipinski definition) is 3. The Morgan fingerprint density at radius 1 is 1.39 bits per heavy atom. The van der Waals surface area contributed by atoms with Crippen molar-refractivity contribution in [1.29, 1.82) is 0 Å². The third-order valence-electron chi connectivity index (χ3n) is 3.79. The maximum Gasteiger partial charge on any atom is 0.224 e. The Balaban J connectivity index is 1.98. The molecule has 2 aliphatic rings. The van der Waals surface area contributed by atoms with Gasteiger partial charge in [-0.2, -0.15) is 0 Å². The highest BCUT2D eigenvalue weighted by molar-refractivity contribution is 5.95. The van der Waals surface area contributed by atoms with Gasteiger partial charge >= 0.3 is 0 Å². The van der Waals surface area contributed by atoms with Gasteiger partial charge in [-0.05, 0) is 43.9 Å². The molecule has 4 nitrogen and oxygen atoms in total. The second kappa shape index (κ2) is 4.19. The molecule has 0 unspecified atom stereocenters. The quantitative estimate of drug-likeness (QED) is 0.802. The van der Waals surface area contributed by atoms with Crippen LogP contribution in [0.4, 0.5) is 17.1 Å². The van der Waals surface area contributed by atoms with Crippen LogP contribution in [0.3, 0.4) is 0 Å². The van der Waals surface area contributed by atoms with Crippen LogP contribution in [0, 0.1) is 0 Å². The fraction of sp³-hybridized carbons (Fsp3) is 0.500. The molecule has 1 aliphatic carbocycles. The van der Waals surface area contributed by atoms with Crippen molar-refractivity contribution in [3.8, 4) is 0 Å². The van der Waals surface area contributed by atoms with Crippen LogP contribution in [0.2, 0.25) is 0 Å². The van der Waals surface area contributed by atoms with Gasteiger partial charge < -0.3 is 16.0 Å². The fourth-order valence-corrected chi connectivity index (χ4v) is 2.69. The highest BCUT2D eigenvalue weighted by Crippen LogP contribution is 2.38. The summed E-state index contributed by atoms with van der Waals surface area (Å²) in [6.45, 7) is 3.15. The van der Waals surface area contributed by atoms with Crippen LogP contribution in [-0.2, 0) is 11.2 Å². The van der Waals surface area contributed by atoms with E-state index in [4.69, 9.17) is 5.73 Å². The zero-order valence-electron chi connectivity index (χ0n) is 10.7. The van der Waals surface area contributed by atoms with E-state index in [2.05, 4.69) is 23.2 Å². The number of aryl methyl sites for hydroxylation is 1. The Bertz CT molecular complexity index is 494. The molecule has 3 N–H and O–H groups in total. The van der Waals surface area contributed by atoms with E-state index in [1.165, 1.54) is 18.4 Å². The number of fused-ring (bicyclic) bond motifs is 1. The second-order valence-corrected chi connectivity index (χ2v) is 5.13. The van der Waals surface area contributed by atoms with Crippen LogP contribution in [0.5, 0.6) is 0 Å². The summed E-state index contributed by atoms with van der Waals surface area (Å²) >= 11 is 0. The maximum absolute atomic E-state index is 11.4. The molecule has 0 saturated heterocycles. The van der Waals surface area contributed by atoms with Crippen LogP contribution in [0.1, 0.15) is 31.7 Å². The second-order valence-electron chi connectivity index (χ2n) is 5.13. The molecule has 1 fully saturated rings. The molecule has 96 valence electrons. The van der Waals surface area contributed by atoms with Gasteiger partial charge in [-0.1, -0.05) is 0 Å². The summed E-state index contributed by atoms with van der Waals surface area (Å²) in [7, 11) is 0. The first-order valence-corrected chi connectivity index (χ1v) is 6.68. The predicted octanol–water partition coefficient (Wildman–Crippen LogP) is 2.14. The van der Waals surface area contributed by atoms with Gasteiger partial charge in [0.2, 0.25) is 5.91 Å². The fourth-order valence-electron chi connectivity index (χ4n) is 2.69. The molecule has 18 heavy (non-hydrogen) atoms. The predicted molar refractivity (Wildman–Crippen MR) is 73.8 cm³/mol. The number of nitrogens with two attached hydrogens (primary N) is 1. The number of nitrogens with one attached hydrogen (secondary N) is 1.